The number of nitrogens with zero attached hydrogens (tertiary/aromatic N) is 2. The van der Waals surface area contributed by atoms with Gasteiger partial charge in [0.05, 0.1) is 12.6 Å². The third-order valence-electron chi connectivity index (χ3n) is 3.68. The summed E-state index contributed by atoms with van der Waals surface area (Å²) in [6.45, 7) is 8.67. The van der Waals surface area contributed by atoms with Gasteiger partial charge in [-0.3, -0.25) is 0 Å². The highest BCUT2D eigenvalue weighted by Gasteiger charge is 2.30. The fraction of sp³-hybridized carbons (Fsp3) is 0.600. The zero-order valence-corrected chi connectivity index (χ0v) is 11.8. The Labute approximate surface area is 110 Å². The Balaban J connectivity index is 2.33. The van der Waals surface area contributed by atoms with Gasteiger partial charge in [0.15, 0.2) is 0 Å². The standard InChI is InChI=1S/C15H24N2O/c1-11-5-12(2)7-14(6-11)17-13(3)8-16(4)9-15(17)10-18/h5-7,13,15,18H,8-10H2,1-4H3. The summed E-state index contributed by atoms with van der Waals surface area (Å²) in [6.07, 6.45) is 0. The highest BCUT2D eigenvalue weighted by atomic mass is 16.3. The molecule has 0 spiro atoms. The van der Waals surface area contributed by atoms with Gasteiger partial charge in [0, 0.05) is 24.8 Å². The minimum atomic E-state index is 0.194. The van der Waals surface area contributed by atoms with Gasteiger partial charge < -0.3 is 14.9 Å². The van der Waals surface area contributed by atoms with Crippen LogP contribution in [0.2, 0.25) is 0 Å². The lowest BCUT2D eigenvalue weighted by Gasteiger charge is -2.45. The molecule has 1 aliphatic heterocycles. The van der Waals surface area contributed by atoms with E-state index in [1.54, 1.807) is 0 Å². The van der Waals surface area contributed by atoms with Crippen LogP contribution in [0.1, 0.15) is 18.1 Å². The van der Waals surface area contributed by atoms with Crippen molar-refractivity contribution in [2.75, 3.05) is 31.6 Å². The van der Waals surface area contributed by atoms with E-state index >= 15 is 0 Å². The fourth-order valence-corrected chi connectivity index (χ4v) is 3.13. The molecule has 1 aromatic rings. The van der Waals surface area contributed by atoms with Crippen molar-refractivity contribution in [3.05, 3.63) is 29.3 Å². The number of rotatable bonds is 2. The molecule has 0 amide bonds. The number of hydrogen-bond donors (Lipinski definition) is 1. The predicted molar refractivity (Wildman–Crippen MR) is 76.2 cm³/mol. The van der Waals surface area contributed by atoms with E-state index in [2.05, 4.69) is 55.8 Å². The molecule has 0 bridgehead atoms. The minimum absolute atomic E-state index is 0.194. The van der Waals surface area contributed by atoms with Crippen LogP contribution in [0.5, 0.6) is 0 Å². The first-order valence-electron chi connectivity index (χ1n) is 6.67. The lowest BCUT2D eigenvalue weighted by molar-refractivity contribution is 0.171. The maximum Gasteiger partial charge on any atom is 0.0651 e. The third-order valence-corrected chi connectivity index (χ3v) is 3.68. The molecule has 2 unspecified atom stereocenters. The van der Waals surface area contributed by atoms with Gasteiger partial charge in [0.1, 0.15) is 0 Å². The van der Waals surface area contributed by atoms with Crippen molar-refractivity contribution < 1.29 is 5.11 Å². The summed E-state index contributed by atoms with van der Waals surface area (Å²) in [5, 5.41) is 9.63. The molecule has 1 saturated heterocycles. The normalized spacial score (nSPS) is 25.5. The average molecular weight is 248 g/mol. The summed E-state index contributed by atoms with van der Waals surface area (Å²) >= 11 is 0. The van der Waals surface area contributed by atoms with Gasteiger partial charge in [-0.1, -0.05) is 6.07 Å². The second-order valence-corrected chi connectivity index (χ2v) is 5.66. The van der Waals surface area contributed by atoms with Gasteiger partial charge in [-0.2, -0.15) is 0 Å². The molecule has 18 heavy (non-hydrogen) atoms. The van der Waals surface area contributed by atoms with Crippen molar-refractivity contribution in [2.24, 2.45) is 0 Å². The number of aliphatic hydroxyl groups is 1. The maximum absolute atomic E-state index is 9.63. The molecule has 3 heteroatoms. The van der Waals surface area contributed by atoms with Gasteiger partial charge in [0.25, 0.3) is 0 Å². The maximum atomic E-state index is 9.63. The van der Waals surface area contributed by atoms with E-state index in [1.165, 1.54) is 16.8 Å². The summed E-state index contributed by atoms with van der Waals surface area (Å²) in [7, 11) is 2.12. The molecule has 0 aliphatic carbocycles. The first kappa shape index (κ1) is 13.4. The molecule has 1 fully saturated rings. The van der Waals surface area contributed by atoms with Crippen LogP contribution in [-0.4, -0.2) is 48.8 Å². The Kier molecular flexibility index (Phi) is 3.93. The molecular weight excluding hydrogens is 224 g/mol. The van der Waals surface area contributed by atoms with Crippen molar-refractivity contribution in [1.82, 2.24) is 4.90 Å². The van der Waals surface area contributed by atoms with E-state index in [1.807, 2.05) is 0 Å². The third kappa shape index (κ3) is 2.68. The van der Waals surface area contributed by atoms with Crippen LogP contribution in [0.4, 0.5) is 5.69 Å². The number of hydrogen-bond acceptors (Lipinski definition) is 3. The van der Waals surface area contributed by atoms with Crippen molar-refractivity contribution in [2.45, 2.75) is 32.9 Å². The second-order valence-electron chi connectivity index (χ2n) is 5.66. The molecule has 1 heterocycles. The Bertz CT molecular complexity index is 399. The number of aliphatic hydroxyl groups excluding tert-OH is 1. The highest BCUT2D eigenvalue weighted by molar-refractivity contribution is 5.53. The van der Waals surface area contributed by atoms with Crippen LogP contribution < -0.4 is 4.90 Å². The Morgan fingerprint density at radius 1 is 1.17 bits per heavy atom. The van der Waals surface area contributed by atoms with Crippen LogP contribution in [0.15, 0.2) is 18.2 Å². The number of anilines is 1. The molecule has 3 nitrogen and oxygen atoms in total. The Morgan fingerprint density at radius 2 is 1.78 bits per heavy atom. The summed E-state index contributed by atoms with van der Waals surface area (Å²) in [4.78, 5) is 4.67. The van der Waals surface area contributed by atoms with Gasteiger partial charge in [-0.15, -0.1) is 0 Å². The summed E-state index contributed by atoms with van der Waals surface area (Å²) in [6, 6.07) is 7.26. The van der Waals surface area contributed by atoms with Gasteiger partial charge in [-0.05, 0) is 51.1 Å². The molecule has 1 N–H and O–H groups in total. The van der Waals surface area contributed by atoms with E-state index in [4.69, 9.17) is 0 Å². The topological polar surface area (TPSA) is 26.7 Å². The number of piperazine rings is 1. The monoisotopic (exact) mass is 248 g/mol. The van der Waals surface area contributed by atoms with Crippen molar-refractivity contribution in [3.63, 3.8) is 0 Å². The lowest BCUT2D eigenvalue weighted by atomic mass is 10.0. The van der Waals surface area contributed by atoms with E-state index in [0.717, 1.165) is 13.1 Å². The number of likely N-dealkylation sites (N-methyl/N-ethyl adjacent to an activating group) is 1. The number of benzene rings is 1. The molecule has 2 atom stereocenters. The molecule has 100 valence electrons. The molecule has 0 aromatic heterocycles. The zero-order chi connectivity index (χ0) is 13.3. The first-order valence-corrected chi connectivity index (χ1v) is 6.67. The Hall–Kier alpha value is -1.06. The van der Waals surface area contributed by atoms with Crippen molar-refractivity contribution in [3.8, 4) is 0 Å². The first-order chi connectivity index (χ1) is 8.51. The van der Waals surface area contributed by atoms with Gasteiger partial charge in [-0.25, -0.2) is 0 Å². The van der Waals surface area contributed by atoms with E-state index < -0.39 is 0 Å². The predicted octanol–water partition coefficient (Wildman–Crippen LogP) is 1.80. The molecule has 1 aromatic carbocycles. The van der Waals surface area contributed by atoms with Crippen LogP contribution in [-0.2, 0) is 0 Å². The largest absolute Gasteiger partial charge is 0.394 e. The van der Waals surface area contributed by atoms with Crippen LogP contribution >= 0.6 is 0 Å². The van der Waals surface area contributed by atoms with E-state index in [-0.39, 0.29) is 12.6 Å². The SMILES string of the molecule is Cc1cc(C)cc(N2C(C)CN(C)CC2CO)c1. The van der Waals surface area contributed by atoms with Crippen molar-refractivity contribution in [1.29, 1.82) is 0 Å². The quantitative estimate of drug-likeness (QED) is 0.864. The Morgan fingerprint density at radius 3 is 2.33 bits per heavy atom. The van der Waals surface area contributed by atoms with E-state index in [9.17, 15) is 5.11 Å². The lowest BCUT2D eigenvalue weighted by Crippen LogP contribution is -2.58. The molecule has 0 saturated carbocycles. The number of aryl methyl sites for hydroxylation is 2. The summed E-state index contributed by atoms with van der Waals surface area (Å²) in [5.74, 6) is 0. The zero-order valence-electron chi connectivity index (χ0n) is 11.8. The summed E-state index contributed by atoms with van der Waals surface area (Å²) in [5.41, 5.74) is 3.81. The van der Waals surface area contributed by atoms with Crippen LogP contribution in [0, 0.1) is 13.8 Å². The minimum Gasteiger partial charge on any atom is -0.394 e. The van der Waals surface area contributed by atoms with Gasteiger partial charge >= 0.3 is 0 Å². The molecule has 1 aliphatic rings. The smallest absolute Gasteiger partial charge is 0.0651 e. The highest BCUT2D eigenvalue weighted by Crippen LogP contribution is 2.26. The summed E-state index contributed by atoms with van der Waals surface area (Å²) < 4.78 is 0. The molecular formula is C15H24N2O. The van der Waals surface area contributed by atoms with Crippen molar-refractivity contribution >= 4 is 5.69 Å². The fourth-order valence-electron chi connectivity index (χ4n) is 3.13. The average Bonchev–Trinajstić information content (AvgIpc) is 2.26. The van der Waals surface area contributed by atoms with Crippen LogP contribution in [0.3, 0.4) is 0 Å². The second kappa shape index (κ2) is 5.29. The van der Waals surface area contributed by atoms with Crippen LogP contribution in [0.25, 0.3) is 0 Å². The van der Waals surface area contributed by atoms with Gasteiger partial charge in [0.2, 0.25) is 0 Å². The van der Waals surface area contributed by atoms with E-state index in [0.29, 0.717) is 6.04 Å². The molecule has 0 radical (unpaired) electrons. The molecule has 2 rings (SSSR count).